The number of carbonyl (C=O) groups is 1. The number of fused-ring (bicyclic) bond motifs is 1. The second-order valence-corrected chi connectivity index (χ2v) is 3.01. The molecule has 0 aliphatic carbocycles. The van der Waals surface area contributed by atoms with Crippen LogP contribution < -0.4 is 10.5 Å². The second-order valence-electron chi connectivity index (χ2n) is 3.01. The summed E-state index contributed by atoms with van der Waals surface area (Å²) in [5.41, 5.74) is 6.12. The lowest BCUT2D eigenvalue weighted by molar-refractivity contribution is -0.0949. The highest BCUT2D eigenvalue weighted by Gasteiger charge is 2.22. The molecule has 2 rings (SSSR count). The Balaban J connectivity index is 2.48. The van der Waals surface area contributed by atoms with E-state index in [0.29, 0.717) is 12.4 Å². The van der Waals surface area contributed by atoms with Crippen molar-refractivity contribution in [3.63, 3.8) is 0 Å². The minimum Gasteiger partial charge on any atom is -0.462 e. The summed E-state index contributed by atoms with van der Waals surface area (Å²) in [7, 11) is 0. The van der Waals surface area contributed by atoms with Crippen LogP contribution in [0.5, 0.6) is 5.75 Å². The van der Waals surface area contributed by atoms with Gasteiger partial charge in [0.25, 0.3) is 5.91 Å². The fraction of sp³-hybridized carbons (Fsp3) is 0.333. The number of pyridine rings is 1. The molecule has 1 atom stereocenters. The summed E-state index contributed by atoms with van der Waals surface area (Å²) in [6.45, 7) is 2.17. The Morgan fingerprint density at radius 1 is 1.71 bits per heavy atom. The van der Waals surface area contributed by atoms with Crippen molar-refractivity contribution >= 4 is 5.91 Å². The van der Waals surface area contributed by atoms with E-state index in [4.69, 9.17) is 15.2 Å². The lowest BCUT2D eigenvalue weighted by Crippen LogP contribution is -2.25. The second kappa shape index (κ2) is 3.26. The zero-order valence-corrected chi connectivity index (χ0v) is 7.69. The predicted octanol–water partition coefficient (Wildman–Crippen LogP) is 0.435. The van der Waals surface area contributed by atoms with Gasteiger partial charge in [-0.2, -0.15) is 0 Å². The zero-order valence-electron chi connectivity index (χ0n) is 7.69. The van der Waals surface area contributed by atoms with Gasteiger partial charge in [0.15, 0.2) is 17.7 Å². The molecule has 5 heteroatoms. The molecular weight excluding hydrogens is 184 g/mol. The first-order valence-electron chi connectivity index (χ1n) is 4.24. The number of amides is 1. The Hall–Kier alpha value is -1.62. The molecule has 1 unspecified atom stereocenters. The van der Waals surface area contributed by atoms with Gasteiger partial charge < -0.3 is 15.2 Å². The van der Waals surface area contributed by atoms with Crippen molar-refractivity contribution in [1.29, 1.82) is 0 Å². The van der Waals surface area contributed by atoms with E-state index in [2.05, 4.69) is 4.98 Å². The van der Waals surface area contributed by atoms with E-state index in [0.717, 1.165) is 5.56 Å². The summed E-state index contributed by atoms with van der Waals surface area (Å²) in [4.78, 5) is 14.9. The van der Waals surface area contributed by atoms with Crippen molar-refractivity contribution in [3.8, 4) is 5.75 Å². The van der Waals surface area contributed by atoms with Crippen LogP contribution in [0, 0.1) is 0 Å². The van der Waals surface area contributed by atoms with E-state index >= 15 is 0 Å². The third-order valence-electron chi connectivity index (χ3n) is 1.98. The first-order chi connectivity index (χ1) is 6.68. The molecule has 0 fully saturated rings. The van der Waals surface area contributed by atoms with Crippen molar-refractivity contribution < 1.29 is 14.3 Å². The van der Waals surface area contributed by atoms with Gasteiger partial charge in [-0.1, -0.05) is 0 Å². The van der Waals surface area contributed by atoms with Gasteiger partial charge in [-0.05, 0) is 13.0 Å². The number of nitrogens with two attached hydrogens (primary N) is 1. The standard InChI is InChI=1S/C9H10N2O3/c1-5-13-4-6-2-3-11-7(9(10)12)8(6)14-5/h2-3,5H,4H2,1H3,(H2,10,12). The first-order valence-corrected chi connectivity index (χ1v) is 4.24. The number of hydrogen-bond donors (Lipinski definition) is 1. The molecule has 2 N–H and O–H groups in total. The Bertz CT molecular complexity index is 378. The summed E-state index contributed by atoms with van der Waals surface area (Å²) in [5.74, 6) is -0.144. The van der Waals surface area contributed by atoms with Gasteiger partial charge in [0.05, 0.1) is 6.61 Å². The molecule has 0 bridgehead atoms. The largest absolute Gasteiger partial charge is 0.462 e. The van der Waals surface area contributed by atoms with Crippen molar-refractivity contribution in [2.45, 2.75) is 19.8 Å². The number of carbonyl (C=O) groups excluding carboxylic acids is 1. The van der Waals surface area contributed by atoms with Crippen LogP contribution in [-0.2, 0) is 11.3 Å². The summed E-state index contributed by atoms with van der Waals surface area (Å²) in [6.07, 6.45) is 1.14. The SMILES string of the molecule is CC1OCc2ccnc(C(N)=O)c2O1. The van der Waals surface area contributed by atoms with Gasteiger partial charge in [-0.3, -0.25) is 4.79 Å². The number of primary amides is 1. The molecular formula is C9H10N2O3. The summed E-state index contributed by atoms with van der Waals surface area (Å²) >= 11 is 0. The number of aromatic nitrogens is 1. The van der Waals surface area contributed by atoms with Gasteiger partial charge >= 0.3 is 0 Å². The maximum Gasteiger partial charge on any atom is 0.271 e. The van der Waals surface area contributed by atoms with E-state index in [1.54, 1.807) is 13.0 Å². The van der Waals surface area contributed by atoms with Crippen molar-refractivity contribution in [3.05, 3.63) is 23.5 Å². The monoisotopic (exact) mass is 194 g/mol. The quantitative estimate of drug-likeness (QED) is 0.703. The molecule has 0 radical (unpaired) electrons. The van der Waals surface area contributed by atoms with Gasteiger partial charge in [-0.15, -0.1) is 0 Å². The lowest BCUT2D eigenvalue weighted by atomic mass is 10.2. The van der Waals surface area contributed by atoms with Crippen LogP contribution >= 0.6 is 0 Å². The highest BCUT2D eigenvalue weighted by Crippen LogP contribution is 2.28. The maximum absolute atomic E-state index is 11.0. The average molecular weight is 194 g/mol. The van der Waals surface area contributed by atoms with E-state index in [-0.39, 0.29) is 12.0 Å². The van der Waals surface area contributed by atoms with Gasteiger partial charge in [0.1, 0.15) is 0 Å². The highest BCUT2D eigenvalue weighted by atomic mass is 16.7. The van der Waals surface area contributed by atoms with E-state index < -0.39 is 5.91 Å². The van der Waals surface area contributed by atoms with Crippen molar-refractivity contribution in [1.82, 2.24) is 4.98 Å². The fourth-order valence-corrected chi connectivity index (χ4v) is 1.32. The molecule has 0 saturated heterocycles. The summed E-state index contributed by atoms with van der Waals surface area (Å²) in [6, 6.07) is 1.74. The molecule has 14 heavy (non-hydrogen) atoms. The number of hydrogen-bond acceptors (Lipinski definition) is 4. The minimum atomic E-state index is -0.587. The van der Waals surface area contributed by atoms with E-state index in [1.807, 2.05) is 0 Å². The average Bonchev–Trinajstić information content (AvgIpc) is 2.16. The van der Waals surface area contributed by atoms with E-state index in [9.17, 15) is 4.79 Å². The molecule has 2 heterocycles. The molecule has 1 amide bonds. The summed E-state index contributed by atoms with van der Waals surface area (Å²) in [5, 5.41) is 0. The molecule has 1 aromatic heterocycles. The fourth-order valence-electron chi connectivity index (χ4n) is 1.32. The molecule has 0 spiro atoms. The number of nitrogens with zero attached hydrogens (tertiary/aromatic N) is 1. The topological polar surface area (TPSA) is 74.4 Å². The van der Waals surface area contributed by atoms with Crippen LogP contribution in [0.25, 0.3) is 0 Å². The normalized spacial score (nSPS) is 19.6. The third kappa shape index (κ3) is 1.42. The molecule has 0 aromatic carbocycles. The molecule has 1 aliphatic heterocycles. The predicted molar refractivity (Wildman–Crippen MR) is 47.6 cm³/mol. The van der Waals surface area contributed by atoms with Crippen LogP contribution in [-0.4, -0.2) is 17.2 Å². The third-order valence-corrected chi connectivity index (χ3v) is 1.98. The van der Waals surface area contributed by atoms with Crippen molar-refractivity contribution in [2.24, 2.45) is 5.73 Å². The van der Waals surface area contributed by atoms with Gasteiger partial charge in [0, 0.05) is 11.8 Å². The minimum absolute atomic E-state index is 0.164. The van der Waals surface area contributed by atoms with Crippen LogP contribution in [0.3, 0.4) is 0 Å². The molecule has 74 valence electrons. The Morgan fingerprint density at radius 3 is 3.21 bits per heavy atom. The molecule has 1 aromatic rings. The molecule has 1 aliphatic rings. The first kappa shape index (κ1) is 8.96. The smallest absolute Gasteiger partial charge is 0.271 e. The Morgan fingerprint density at radius 2 is 2.50 bits per heavy atom. The number of ether oxygens (including phenoxy) is 2. The van der Waals surface area contributed by atoms with E-state index in [1.165, 1.54) is 6.20 Å². The van der Waals surface area contributed by atoms with Crippen LogP contribution in [0.15, 0.2) is 12.3 Å². The van der Waals surface area contributed by atoms with Gasteiger partial charge in [0.2, 0.25) is 0 Å². The summed E-state index contributed by atoms with van der Waals surface area (Å²) < 4.78 is 10.6. The van der Waals surface area contributed by atoms with Crippen LogP contribution in [0.4, 0.5) is 0 Å². The van der Waals surface area contributed by atoms with Crippen LogP contribution in [0.1, 0.15) is 23.0 Å². The lowest BCUT2D eigenvalue weighted by Gasteiger charge is -2.24. The Labute approximate surface area is 80.8 Å². The van der Waals surface area contributed by atoms with Gasteiger partial charge in [-0.25, -0.2) is 4.98 Å². The Kier molecular flexibility index (Phi) is 2.09. The zero-order chi connectivity index (χ0) is 10.1. The number of rotatable bonds is 1. The van der Waals surface area contributed by atoms with Crippen molar-refractivity contribution in [2.75, 3.05) is 0 Å². The highest BCUT2D eigenvalue weighted by molar-refractivity contribution is 5.94. The maximum atomic E-state index is 11.0. The van der Waals surface area contributed by atoms with Crippen LogP contribution in [0.2, 0.25) is 0 Å². The molecule has 5 nitrogen and oxygen atoms in total. The molecule has 0 saturated carbocycles.